The van der Waals surface area contributed by atoms with Crippen molar-refractivity contribution in [1.82, 2.24) is 14.7 Å². The lowest BCUT2D eigenvalue weighted by atomic mass is 10.2. The van der Waals surface area contributed by atoms with E-state index in [1.165, 1.54) is 0 Å². The van der Waals surface area contributed by atoms with Crippen LogP contribution in [-0.4, -0.2) is 30.9 Å². The highest BCUT2D eigenvalue weighted by molar-refractivity contribution is 6.34. The van der Waals surface area contributed by atoms with Gasteiger partial charge in [0.2, 0.25) is 0 Å². The number of aromatic carboxylic acids is 1. The summed E-state index contributed by atoms with van der Waals surface area (Å²) < 4.78 is 0.694. The minimum atomic E-state index is -1.61. The van der Waals surface area contributed by atoms with E-state index in [4.69, 9.17) is 16.4 Å². The molecule has 0 radical (unpaired) electrons. The number of benzene rings is 1. The molecule has 0 fully saturated rings. The molecular formula is C15H10ClN3O5. The zero-order chi connectivity index (χ0) is 17.3. The van der Waals surface area contributed by atoms with Crippen LogP contribution in [-0.2, 0) is 6.61 Å². The Morgan fingerprint density at radius 1 is 1.25 bits per heavy atom. The molecule has 3 rings (SSSR count). The quantitative estimate of drug-likeness (QED) is 0.687. The van der Waals surface area contributed by atoms with Crippen LogP contribution in [0.2, 0.25) is 5.15 Å². The summed E-state index contributed by atoms with van der Waals surface area (Å²) in [5, 5.41) is 18.9. The Balaban J connectivity index is 2.21. The van der Waals surface area contributed by atoms with Crippen LogP contribution in [0.25, 0.3) is 11.0 Å². The second-order valence-corrected chi connectivity index (χ2v) is 5.11. The molecular weight excluding hydrogens is 338 g/mol. The van der Waals surface area contributed by atoms with Crippen LogP contribution in [0.4, 0.5) is 0 Å². The van der Waals surface area contributed by atoms with Crippen molar-refractivity contribution in [3.05, 3.63) is 63.3 Å². The van der Waals surface area contributed by atoms with Crippen molar-refractivity contribution in [2.24, 2.45) is 0 Å². The number of fused-ring (bicyclic) bond motifs is 1. The van der Waals surface area contributed by atoms with E-state index in [2.05, 4.69) is 9.97 Å². The third-order valence-electron chi connectivity index (χ3n) is 3.26. The Morgan fingerprint density at radius 2 is 1.96 bits per heavy atom. The summed E-state index contributed by atoms with van der Waals surface area (Å²) in [6, 6.07) is 8.94. The molecule has 0 aliphatic heterocycles. The van der Waals surface area contributed by atoms with Crippen LogP contribution in [0.15, 0.2) is 41.5 Å². The molecule has 0 spiro atoms. The summed E-state index contributed by atoms with van der Waals surface area (Å²) >= 11 is 5.91. The zero-order valence-electron chi connectivity index (χ0n) is 12.0. The third kappa shape index (κ3) is 2.63. The van der Waals surface area contributed by atoms with E-state index in [-0.39, 0.29) is 22.8 Å². The van der Waals surface area contributed by atoms with Gasteiger partial charge in [0.05, 0.1) is 0 Å². The first-order valence-corrected chi connectivity index (χ1v) is 7.07. The topological polar surface area (TPSA) is 115 Å². The number of rotatable bonds is 4. The predicted molar refractivity (Wildman–Crippen MR) is 84.2 cm³/mol. The fourth-order valence-electron chi connectivity index (χ4n) is 2.16. The zero-order valence-corrected chi connectivity index (χ0v) is 12.8. The summed E-state index contributed by atoms with van der Waals surface area (Å²) in [5.41, 5.74) is -1.30. The molecule has 9 heteroatoms. The minimum absolute atomic E-state index is 0.0126. The Bertz CT molecular complexity index is 988. The first-order chi connectivity index (χ1) is 11.5. The van der Waals surface area contributed by atoms with Gasteiger partial charge in [-0.25, -0.2) is 14.8 Å². The largest absolute Gasteiger partial charge is 0.506 e. The first-order valence-electron chi connectivity index (χ1n) is 6.69. The van der Waals surface area contributed by atoms with E-state index in [1.54, 1.807) is 24.3 Å². The SMILES string of the molecule is O=C(O)c1c(O)c2c(Cl)ncnc2n(OCc2ccccc2)c1=O. The molecule has 0 aliphatic rings. The number of hydrogen-bond donors (Lipinski definition) is 2. The van der Waals surface area contributed by atoms with Crippen LogP contribution in [0, 0.1) is 0 Å². The highest BCUT2D eigenvalue weighted by Crippen LogP contribution is 2.29. The van der Waals surface area contributed by atoms with Crippen molar-refractivity contribution in [2.75, 3.05) is 0 Å². The van der Waals surface area contributed by atoms with E-state index in [0.29, 0.717) is 4.73 Å². The smallest absolute Gasteiger partial charge is 0.345 e. The summed E-state index contributed by atoms with van der Waals surface area (Å²) in [7, 11) is 0. The summed E-state index contributed by atoms with van der Waals surface area (Å²) in [4.78, 5) is 36.7. The third-order valence-corrected chi connectivity index (χ3v) is 3.55. The molecule has 8 nitrogen and oxygen atoms in total. The Hall–Kier alpha value is -3.13. The van der Waals surface area contributed by atoms with Gasteiger partial charge in [-0.3, -0.25) is 4.79 Å². The average molecular weight is 348 g/mol. The van der Waals surface area contributed by atoms with Gasteiger partial charge in [-0.05, 0) is 5.56 Å². The number of aromatic nitrogens is 3. The van der Waals surface area contributed by atoms with Gasteiger partial charge in [-0.15, -0.1) is 4.73 Å². The molecule has 2 aromatic heterocycles. The van der Waals surface area contributed by atoms with Gasteiger partial charge in [0, 0.05) is 0 Å². The Labute approximate surface area is 139 Å². The van der Waals surface area contributed by atoms with E-state index in [0.717, 1.165) is 11.9 Å². The lowest BCUT2D eigenvalue weighted by molar-refractivity contribution is 0.0672. The first kappa shape index (κ1) is 15.8. The monoisotopic (exact) mass is 347 g/mol. The molecule has 1 aromatic carbocycles. The van der Waals surface area contributed by atoms with Crippen LogP contribution in [0.3, 0.4) is 0 Å². The van der Waals surface area contributed by atoms with Crippen molar-refractivity contribution in [3.63, 3.8) is 0 Å². The standard InChI is InChI=1S/C15H10ClN3O5/c16-12-9-11(20)10(15(22)23)14(21)19(13(9)18-7-17-12)24-6-8-4-2-1-3-5-8/h1-5,7,20H,6H2,(H,22,23). The highest BCUT2D eigenvalue weighted by atomic mass is 35.5. The van der Waals surface area contributed by atoms with E-state index >= 15 is 0 Å². The maximum atomic E-state index is 12.4. The van der Waals surface area contributed by atoms with Crippen LogP contribution in [0.5, 0.6) is 5.75 Å². The fraction of sp³-hybridized carbons (Fsp3) is 0.0667. The second kappa shape index (κ2) is 6.17. The van der Waals surface area contributed by atoms with Crippen molar-refractivity contribution in [3.8, 4) is 5.75 Å². The summed E-state index contributed by atoms with van der Waals surface area (Å²) in [6.07, 6.45) is 1.08. The molecule has 0 saturated carbocycles. The molecule has 0 aliphatic carbocycles. The van der Waals surface area contributed by atoms with Crippen LogP contribution >= 0.6 is 11.6 Å². The molecule has 2 N–H and O–H groups in total. The van der Waals surface area contributed by atoms with Gasteiger partial charge < -0.3 is 15.1 Å². The van der Waals surface area contributed by atoms with Crippen LogP contribution in [0.1, 0.15) is 15.9 Å². The maximum absolute atomic E-state index is 12.4. The van der Waals surface area contributed by atoms with Gasteiger partial charge >= 0.3 is 11.5 Å². The second-order valence-electron chi connectivity index (χ2n) is 4.75. The van der Waals surface area contributed by atoms with Crippen molar-refractivity contribution >= 4 is 28.6 Å². The van der Waals surface area contributed by atoms with Crippen molar-refractivity contribution < 1.29 is 19.8 Å². The lowest BCUT2D eigenvalue weighted by Gasteiger charge is -2.13. The molecule has 0 unspecified atom stereocenters. The maximum Gasteiger partial charge on any atom is 0.345 e. The number of carboxylic acids is 1. The average Bonchev–Trinajstić information content (AvgIpc) is 2.55. The van der Waals surface area contributed by atoms with Gasteiger partial charge in [-0.1, -0.05) is 41.9 Å². The van der Waals surface area contributed by atoms with Gasteiger partial charge in [0.1, 0.15) is 29.2 Å². The van der Waals surface area contributed by atoms with Gasteiger partial charge in [0.25, 0.3) is 0 Å². The number of pyridine rings is 1. The Morgan fingerprint density at radius 3 is 2.62 bits per heavy atom. The molecule has 3 aromatic rings. The van der Waals surface area contributed by atoms with Gasteiger partial charge in [0.15, 0.2) is 11.2 Å². The van der Waals surface area contributed by atoms with Crippen LogP contribution < -0.4 is 10.4 Å². The predicted octanol–water partition coefficient (Wildman–Crippen LogP) is 1.48. The molecule has 0 atom stereocenters. The number of nitrogens with zero attached hydrogens (tertiary/aromatic N) is 3. The summed E-state index contributed by atoms with van der Waals surface area (Å²) in [5.74, 6) is -2.41. The number of hydrogen-bond acceptors (Lipinski definition) is 6. The molecule has 0 saturated heterocycles. The fourth-order valence-corrected chi connectivity index (χ4v) is 2.38. The number of carboxylic acid groups (broad SMARTS) is 1. The molecule has 122 valence electrons. The highest BCUT2D eigenvalue weighted by Gasteiger charge is 2.25. The summed E-state index contributed by atoms with van der Waals surface area (Å²) in [6.45, 7) is -0.0126. The number of halogens is 1. The number of carbonyl (C=O) groups is 1. The van der Waals surface area contributed by atoms with E-state index in [9.17, 15) is 19.8 Å². The minimum Gasteiger partial charge on any atom is -0.506 e. The van der Waals surface area contributed by atoms with E-state index in [1.807, 2.05) is 6.07 Å². The van der Waals surface area contributed by atoms with E-state index < -0.39 is 22.8 Å². The van der Waals surface area contributed by atoms with Crippen molar-refractivity contribution in [2.45, 2.75) is 6.61 Å². The molecule has 0 bridgehead atoms. The van der Waals surface area contributed by atoms with Gasteiger partial charge in [-0.2, -0.15) is 0 Å². The Kier molecular flexibility index (Phi) is 4.05. The lowest BCUT2D eigenvalue weighted by Crippen LogP contribution is -2.32. The molecule has 24 heavy (non-hydrogen) atoms. The molecule has 0 amide bonds. The molecule has 2 heterocycles. The van der Waals surface area contributed by atoms with Crippen molar-refractivity contribution in [1.29, 1.82) is 0 Å². The number of aromatic hydroxyl groups is 1. The normalized spacial score (nSPS) is 10.7.